The molecule has 33 nitrogen and oxygen atoms in total. The van der Waals surface area contributed by atoms with E-state index in [0.717, 1.165) is 22.7 Å². The number of carbonyl (C=O) groups excluding carboxylic acids is 12. The van der Waals surface area contributed by atoms with Crippen LogP contribution in [0.15, 0.2) is 85.1 Å². The molecule has 2 heterocycles. The highest BCUT2D eigenvalue weighted by atomic mass is 16.4. The molecule has 10 atom stereocenters. The maximum Gasteiger partial charge on any atom is 0.322 e. The van der Waals surface area contributed by atoms with Crippen molar-refractivity contribution < 1.29 is 87.5 Å². The summed E-state index contributed by atoms with van der Waals surface area (Å²) in [6, 6.07) is 7.77. The third-order valence-corrected chi connectivity index (χ3v) is 14.9. The van der Waals surface area contributed by atoms with Crippen LogP contribution in [0.4, 0.5) is 0 Å². The van der Waals surface area contributed by atoms with Gasteiger partial charge in [0.05, 0.1) is 38.1 Å². The standard InChI is InChI=1S/C61H81N15O18/c1-32(53(86)71-42(24-35-17-19-37(78)20-18-35)57(90)73-43(55(88)68-31-51(84)85)25-36-28-65-40-15-7-6-13-38(36)40)69-56(89)41(23-34-11-4-3-5-12-34)70-48(80)29-67-60(93)52(33(2)77)75-49(81)30-66-59(92)46-16-10-22-76(46)61(94)45(27-50(82)83)74-58(91)44(26-47(64)79)72-54(87)39(63)14-8-9-21-62/h3-7,11-13,15,17-20,28,32-33,39,41-46,52,65,77-78H,8-10,14,16,21-27,29-31,62-63H2,1-2H3,(H2,64,79)(H,66,92)(H,67,93)(H,68,88)(H,69,89)(H,70,80)(H,71,86)(H,72,87)(H,73,90)(H,74,91)(H,75,81)(H,82,83)(H,84,85)/t32-,33+,39-,41-,42-,43-,44-,45-,46-,52-/m0/s1. The van der Waals surface area contributed by atoms with Crippen LogP contribution in [0.2, 0.25) is 0 Å². The number of aromatic nitrogens is 1. The molecule has 33 heteroatoms. The van der Waals surface area contributed by atoms with Gasteiger partial charge >= 0.3 is 11.9 Å². The van der Waals surface area contributed by atoms with Gasteiger partial charge in [-0.3, -0.25) is 67.1 Å². The molecule has 1 aliphatic rings. The van der Waals surface area contributed by atoms with E-state index in [1.165, 1.54) is 31.2 Å². The molecule has 5 rings (SSSR count). The van der Waals surface area contributed by atoms with Crippen LogP contribution in [-0.2, 0) is 86.4 Å². The van der Waals surface area contributed by atoms with Crippen LogP contribution in [0.1, 0.15) is 75.5 Å². The first-order valence-electron chi connectivity index (χ1n) is 30.1. The number of carboxylic acid groups (broad SMARTS) is 2. The zero-order valence-electron chi connectivity index (χ0n) is 51.6. The van der Waals surface area contributed by atoms with Gasteiger partial charge in [0.2, 0.25) is 70.9 Å². The lowest BCUT2D eigenvalue weighted by atomic mass is 10.0. The number of aromatic amines is 1. The van der Waals surface area contributed by atoms with Gasteiger partial charge in [-0.05, 0) is 81.0 Å². The highest BCUT2D eigenvalue weighted by Gasteiger charge is 2.40. The zero-order chi connectivity index (χ0) is 69.2. The fourth-order valence-corrected chi connectivity index (χ4v) is 10.0. The number of nitrogens with two attached hydrogens (primary N) is 3. The number of hydrogen-bond acceptors (Lipinski definition) is 18. The Balaban J connectivity index is 1.20. The van der Waals surface area contributed by atoms with Crippen LogP contribution in [0.25, 0.3) is 10.9 Å². The number of rotatable bonds is 37. The molecule has 0 radical (unpaired) electrons. The summed E-state index contributed by atoms with van der Waals surface area (Å²) in [5.74, 6) is -14.6. The number of primary amides is 1. The lowest BCUT2D eigenvalue weighted by Gasteiger charge is -2.29. The SMILES string of the molecule is C[C@H](NC(=O)[C@H](Cc1ccccc1)NC(=O)CNC(=O)[C@@H](NC(=O)CNC(=O)[C@@H]1CCCN1C(=O)[C@H](CC(=O)O)NC(=O)[C@H](CC(N)=O)NC(=O)[C@@H](N)CCCCN)[C@@H](C)O)C(=O)N[C@@H](Cc1ccc(O)cc1)C(=O)N[C@@H](Cc1c[nH]c2ccccc12)C(=O)NCC(=O)O. The Bertz CT molecular complexity index is 3370. The molecule has 0 bridgehead atoms. The number of phenols is 1. The first kappa shape index (κ1) is 74.2. The number of aliphatic hydroxyl groups is 1. The largest absolute Gasteiger partial charge is 0.508 e. The van der Waals surface area contributed by atoms with Gasteiger partial charge < -0.3 is 101 Å². The number of phenolic OH excluding ortho intramolecular Hbond substituents is 1. The molecular formula is C61H81N15O18. The number of aromatic hydroxyl groups is 1. The molecule has 0 unspecified atom stereocenters. The highest BCUT2D eigenvalue weighted by molar-refractivity contribution is 6.00. The predicted molar refractivity (Wildman–Crippen MR) is 333 cm³/mol. The van der Waals surface area contributed by atoms with Gasteiger partial charge in [0.15, 0.2) is 0 Å². The van der Waals surface area contributed by atoms with Gasteiger partial charge in [0, 0.05) is 42.9 Å². The Morgan fingerprint density at radius 3 is 1.80 bits per heavy atom. The van der Waals surface area contributed by atoms with Crippen molar-refractivity contribution in [3.63, 3.8) is 0 Å². The number of fused-ring (bicyclic) bond motifs is 1. The van der Waals surface area contributed by atoms with Crippen molar-refractivity contribution in [1.82, 2.24) is 63.1 Å². The normalized spacial score (nSPS) is 15.5. The monoisotopic (exact) mass is 1310 g/mol. The average Bonchev–Trinajstić information content (AvgIpc) is 1.65. The Labute approximate surface area is 538 Å². The fraction of sp³-hybridized carbons (Fsp3) is 0.443. The summed E-state index contributed by atoms with van der Waals surface area (Å²) in [5.41, 5.74) is 19.0. The van der Waals surface area contributed by atoms with Gasteiger partial charge in [0.25, 0.3) is 0 Å². The Morgan fingerprint density at radius 1 is 0.585 bits per heavy atom. The molecule has 1 aromatic heterocycles. The minimum atomic E-state index is -1.83. The second kappa shape index (κ2) is 36.5. The van der Waals surface area contributed by atoms with Crippen LogP contribution < -0.4 is 70.4 Å². The summed E-state index contributed by atoms with van der Waals surface area (Å²) in [6.45, 7) is 0.202. The van der Waals surface area contributed by atoms with E-state index in [-0.39, 0.29) is 50.8 Å². The first-order chi connectivity index (χ1) is 44.6. The molecule has 0 saturated carbocycles. The maximum absolute atomic E-state index is 14.2. The third-order valence-electron chi connectivity index (χ3n) is 14.9. The second-order valence-corrected chi connectivity index (χ2v) is 22.4. The summed E-state index contributed by atoms with van der Waals surface area (Å²) in [5, 5.41) is 64.1. The van der Waals surface area contributed by atoms with Crippen molar-refractivity contribution in [2.75, 3.05) is 32.7 Å². The summed E-state index contributed by atoms with van der Waals surface area (Å²) in [7, 11) is 0. The second-order valence-electron chi connectivity index (χ2n) is 22.4. The lowest BCUT2D eigenvalue weighted by molar-refractivity contribution is -0.146. The van der Waals surface area contributed by atoms with Gasteiger partial charge in [-0.1, -0.05) is 67.1 Å². The van der Waals surface area contributed by atoms with Crippen LogP contribution in [0.3, 0.4) is 0 Å². The molecule has 0 aliphatic carbocycles. The predicted octanol–water partition coefficient (Wildman–Crippen LogP) is -5.07. The average molecular weight is 1310 g/mol. The van der Waals surface area contributed by atoms with Crippen LogP contribution in [0, 0.1) is 0 Å². The molecule has 0 spiro atoms. The number of amides is 12. The van der Waals surface area contributed by atoms with E-state index in [1.807, 2.05) is 0 Å². The molecule has 1 fully saturated rings. The Kier molecular flexibility index (Phi) is 28.8. The summed E-state index contributed by atoms with van der Waals surface area (Å²) in [6.07, 6.45) is -0.800. The minimum Gasteiger partial charge on any atom is -0.508 e. The quantitative estimate of drug-likeness (QED) is 0.0188. The summed E-state index contributed by atoms with van der Waals surface area (Å²) >= 11 is 0. The van der Waals surface area contributed by atoms with Crippen molar-refractivity contribution in [2.24, 2.45) is 17.2 Å². The highest BCUT2D eigenvalue weighted by Crippen LogP contribution is 2.22. The molecule has 94 heavy (non-hydrogen) atoms. The van der Waals surface area contributed by atoms with E-state index in [1.54, 1.807) is 60.8 Å². The van der Waals surface area contributed by atoms with Gasteiger partial charge in [-0.15, -0.1) is 0 Å². The van der Waals surface area contributed by atoms with E-state index < -0.39 is 176 Å². The minimum absolute atomic E-state index is 0.0147. The van der Waals surface area contributed by atoms with Crippen LogP contribution >= 0.6 is 0 Å². The van der Waals surface area contributed by atoms with Gasteiger partial charge in [-0.2, -0.15) is 0 Å². The number of carboxylic acids is 2. The van der Waals surface area contributed by atoms with Crippen LogP contribution in [-0.4, -0.2) is 206 Å². The number of carbonyl (C=O) groups is 14. The number of nitrogens with zero attached hydrogens (tertiary/aromatic N) is 1. The summed E-state index contributed by atoms with van der Waals surface area (Å²) in [4.78, 5) is 189. The number of H-pyrrole nitrogens is 1. The first-order valence-corrected chi connectivity index (χ1v) is 30.1. The van der Waals surface area contributed by atoms with E-state index in [2.05, 4.69) is 58.2 Å². The topological polar surface area (TPSA) is 537 Å². The molecule has 12 amide bonds. The van der Waals surface area contributed by atoms with Gasteiger partial charge in [-0.25, -0.2) is 0 Å². The van der Waals surface area contributed by atoms with E-state index in [0.29, 0.717) is 36.1 Å². The van der Waals surface area contributed by atoms with Crippen LogP contribution in [0.5, 0.6) is 5.75 Å². The molecule has 508 valence electrons. The van der Waals surface area contributed by atoms with Crippen molar-refractivity contribution >= 4 is 93.7 Å². The maximum atomic E-state index is 14.2. The lowest BCUT2D eigenvalue weighted by Crippen LogP contribution is -2.59. The number of nitrogens with one attached hydrogen (secondary N) is 11. The Hall–Kier alpha value is -10.5. The molecule has 3 aromatic carbocycles. The van der Waals surface area contributed by atoms with E-state index >= 15 is 0 Å². The fourth-order valence-electron chi connectivity index (χ4n) is 10.0. The Morgan fingerprint density at radius 2 is 1.15 bits per heavy atom. The number of hydrogen-bond donors (Lipinski definition) is 18. The van der Waals surface area contributed by atoms with Gasteiger partial charge in [0.1, 0.15) is 60.6 Å². The molecule has 1 saturated heterocycles. The van der Waals surface area contributed by atoms with E-state index in [9.17, 15) is 87.5 Å². The van der Waals surface area contributed by atoms with E-state index in [4.69, 9.17) is 17.2 Å². The van der Waals surface area contributed by atoms with Crippen molar-refractivity contribution in [3.05, 3.63) is 102 Å². The number of aliphatic hydroxyl groups excluding tert-OH is 1. The molecule has 4 aromatic rings. The molecule has 1 aliphatic heterocycles. The third kappa shape index (κ3) is 23.6. The number of benzene rings is 3. The number of para-hydroxylation sites is 1. The number of aliphatic carboxylic acids is 2. The smallest absolute Gasteiger partial charge is 0.322 e. The van der Waals surface area contributed by atoms with Crippen molar-refractivity contribution in [1.29, 1.82) is 0 Å². The molecule has 21 N–H and O–H groups in total. The number of likely N-dealkylation sites (tertiary alicyclic amines) is 1. The van der Waals surface area contributed by atoms with Crippen molar-refractivity contribution in [3.8, 4) is 5.75 Å². The van der Waals surface area contributed by atoms with Crippen molar-refractivity contribution in [2.45, 2.75) is 139 Å². The molecular weight excluding hydrogens is 1230 g/mol. The number of unbranched alkanes of at least 4 members (excludes halogenated alkanes) is 1. The summed E-state index contributed by atoms with van der Waals surface area (Å²) < 4.78 is 0. The zero-order valence-corrected chi connectivity index (χ0v) is 51.6.